The Bertz CT molecular complexity index is 737. The summed E-state index contributed by atoms with van der Waals surface area (Å²) >= 11 is 7.71. The fraction of sp³-hybridized carbons (Fsp3) is 0.263. The van der Waals surface area contributed by atoms with Crippen LogP contribution in [0.4, 0.5) is 5.69 Å². The molecule has 0 fully saturated rings. The highest BCUT2D eigenvalue weighted by atomic mass is 35.5. The number of hydrogen-bond donors (Lipinski definition) is 1. The Morgan fingerprint density at radius 1 is 1.20 bits per heavy atom. The van der Waals surface area contributed by atoms with E-state index < -0.39 is 5.97 Å². The van der Waals surface area contributed by atoms with Gasteiger partial charge in [0.05, 0.1) is 28.1 Å². The SMILES string of the molecule is CCOC(=O)c1ccc(NC(=O)[C@@H](C)SCc2ccccc2)c(Cl)c1. The minimum absolute atomic E-state index is 0.133. The van der Waals surface area contributed by atoms with Gasteiger partial charge in [0, 0.05) is 5.75 Å². The molecule has 2 aromatic rings. The summed E-state index contributed by atoms with van der Waals surface area (Å²) in [5.74, 6) is 0.186. The Labute approximate surface area is 156 Å². The first-order valence-corrected chi connectivity index (χ1v) is 9.37. The van der Waals surface area contributed by atoms with Crippen LogP contribution in [0.3, 0.4) is 0 Å². The van der Waals surface area contributed by atoms with Crippen molar-refractivity contribution >= 4 is 40.9 Å². The lowest BCUT2D eigenvalue weighted by molar-refractivity contribution is -0.115. The van der Waals surface area contributed by atoms with Crippen molar-refractivity contribution in [1.82, 2.24) is 0 Å². The molecule has 0 aromatic heterocycles. The van der Waals surface area contributed by atoms with Gasteiger partial charge >= 0.3 is 5.97 Å². The van der Waals surface area contributed by atoms with E-state index in [0.29, 0.717) is 22.9 Å². The lowest BCUT2D eigenvalue weighted by atomic mass is 10.2. The number of hydrogen-bond acceptors (Lipinski definition) is 4. The highest BCUT2D eigenvalue weighted by Crippen LogP contribution is 2.25. The Kier molecular flexibility index (Phi) is 7.34. The van der Waals surface area contributed by atoms with Gasteiger partial charge in [-0.05, 0) is 37.6 Å². The molecule has 0 heterocycles. The zero-order valence-corrected chi connectivity index (χ0v) is 15.7. The maximum atomic E-state index is 12.3. The molecule has 132 valence electrons. The van der Waals surface area contributed by atoms with Gasteiger partial charge in [0.15, 0.2) is 0 Å². The Morgan fingerprint density at radius 3 is 2.56 bits per heavy atom. The Hall–Kier alpha value is -1.98. The number of benzene rings is 2. The number of rotatable bonds is 7. The zero-order valence-electron chi connectivity index (χ0n) is 14.1. The number of amides is 1. The van der Waals surface area contributed by atoms with E-state index >= 15 is 0 Å². The van der Waals surface area contributed by atoms with Crippen LogP contribution in [0.1, 0.15) is 29.8 Å². The highest BCUT2D eigenvalue weighted by Gasteiger charge is 2.16. The molecule has 0 spiro atoms. The molecule has 25 heavy (non-hydrogen) atoms. The molecule has 6 heteroatoms. The summed E-state index contributed by atoms with van der Waals surface area (Å²) in [4.78, 5) is 24.0. The van der Waals surface area contributed by atoms with Gasteiger partial charge in [-0.15, -0.1) is 11.8 Å². The van der Waals surface area contributed by atoms with Gasteiger partial charge < -0.3 is 10.1 Å². The molecule has 0 unspecified atom stereocenters. The van der Waals surface area contributed by atoms with Crippen LogP contribution in [-0.4, -0.2) is 23.7 Å². The summed E-state index contributed by atoms with van der Waals surface area (Å²) in [6.07, 6.45) is 0. The maximum absolute atomic E-state index is 12.3. The van der Waals surface area contributed by atoms with E-state index in [9.17, 15) is 9.59 Å². The van der Waals surface area contributed by atoms with Crippen molar-refractivity contribution < 1.29 is 14.3 Å². The third kappa shape index (κ3) is 5.80. The van der Waals surface area contributed by atoms with Crippen LogP contribution in [0.2, 0.25) is 5.02 Å². The van der Waals surface area contributed by atoms with Crippen LogP contribution in [0.25, 0.3) is 0 Å². The van der Waals surface area contributed by atoms with Crippen molar-refractivity contribution in [3.8, 4) is 0 Å². The average Bonchev–Trinajstić information content (AvgIpc) is 2.62. The molecule has 0 saturated heterocycles. The molecule has 2 rings (SSSR count). The van der Waals surface area contributed by atoms with Gasteiger partial charge in [-0.2, -0.15) is 0 Å². The standard InChI is InChI=1S/C19H20ClNO3S/c1-3-24-19(23)15-9-10-17(16(20)11-15)21-18(22)13(2)25-12-14-7-5-4-6-8-14/h4-11,13H,3,12H2,1-2H3,(H,21,22)/t13-/m1/s1. The van der Waals surface area contributed by atoms with E-state index in [1.165, 1.54) is 11.6 Å². The second-order valence-electron chi connectivity index (χ2n) is 5.34. The van der Waals surface area contributed by atoms with Crippen LogP contribution in [-0.2, 0) is 15.3 Å². The minimum Gasteiger partial charge on any atom is -0.462 e. The quantitative estimate of drug-likeness (QED) is 0.705. The third-order valence-corrected chi connectivity index (χ3v) is 4.98. The zero-order chi connectivity index (χ0) is 18.2. The van der Waals surface area contributed by atoms with Crippen molar-refractivity contribution in [2.75, 3.05) is 11.9 Å². The first kappa shape index (κ1) is 19.3. The predicted octanol–water partition coefficient (Wildman–Crippen LogP) is 4.78. The number of ether oxygens (including phenoxy) is 1. The number of carbonyl (C=O) groups is 2. The van der Waals surface area contributed by atoms with E-state index in [0.717, 1.165) is 5.75 Å². The van der Waals surface area contributed by atoms with Crippen LogP contribution in [0.5, 0.6) is 0 Å². The minimum atomic E-state index is -0.436. The van der Waals surface area contributed by atoms with E-state index in [1.807, 2.05) is 37.3 Å². The van der Waals surface area contributed by atoms with Gasteiger partial charge in [-0.25, -0.2) is 4.79 Å². The summed E-state index contributed by atoms with van der Waals surface area (Å²) in [6, 6.07) is 14.7. The molecule has 0 aliphatic heterocycles. The molecule has 0 bridgehead atoms. The van der Waals surface area contributed by atoms with E-state index in [-0.39, 0.29) is 11.2 Å². The number of esters is 1. The lowest BCUT2D eigenvalue weighted by Crippen LogP contribution is -2.22. The van der Waals surface area contributed by atoms with Crippen molar-refractivity contribution in [1.29, 1.82) is 0 Å². The smallest absolute Gasteiger partial charge is 0.338 e. The van der Waals surface area contributed by atoms with Crippen molar-refractivity contribution in [2.45, 2.75) is 24.9 Å². The normalized spacial score (nSPS) is 11.6. The van der Waals surface area contributed by atoms with Crippen molar-refractivity contribution in [3.05, 3.63) is 64.7 Å². The maximum Gasteiger partial charge on any atom is 0.338 e. The summed E-state index contributed by atoms with van der Waals surface area (Å²) in [5, 5.41) is 2.87. The van der Waals surface area contributed by atoms with Crippen LogP contribution in [0, 0.1) is 0 Å². The van der Waals surface area contributed by atoms with Crippen LogP contribution >= 0.6 is 23.4 Å². The molecule has 0 aliphatic carbocycles. The molecule has 2 aromatic carbocycles. The fourth-order valence-electron chi connectivity index (χ4n) is 2.06. The summed E-state index contributed by atoms with van der Waals surface area (Å²) in [5.41, 5.74) is 2.01. The van der Waals surface area contributed by atoms with Gasteiger partial charge in [0.2, 0.25) is 5.91 Å². The largest absolute Gasteiger partial charge is 0.462 e. The molecular weight excluding hydrogens is 358 g/mol. The van der Waals surface area contributed by atoms with Gasteiger partial charge in [-0.1, -0.05) is 41.9 Å². The molecule has 0 radical (unpaired) electrons. The van der Waals surface area contributed by atoms with Crippen molar-refractivity contribution in [3.63, 3.8) is 0 Å². The Balaban J connectivity index is 1.94. The second kappa shape index (κ2) is 9.49. The molecule has 4 nitrogen and oxygen atoms in total. The highest BCUT2D eigenvalue weighted by molar-refractivity contribution is 7.99. The number of halogens is 1. The third-order valence-electron chi connectivity index (χ3n) is 3.45. The van der Waals surface area contributed by atoms with Crippen LogP contribution in [0.15, 0.2) is 48.5 Å². The second-order valence-corrected chi connectivity index (χ2v) is 7.08. The van der Waals surface area contributed by atoms with E-state index in [2.05, 4.69) is 5.32 Å². The van der Waals surface area contributed by atoms with Gasteiger partial charge in [0.1, 0.15) is 0 Å². The van der Waals surface area contributed by atoms with Gasteiger partial charge in [0.25, 0.3) is 0 Å². The summed E-state index contributed by atoms with van der Waals surface area (Å²) in [6.45, 7) is 3.89. The molecular formula is C19H20ClNO3S. The molecule has 1 N–H and O–H groups in total. The first-order valence-electron chi connectivity index (χ1n) is 7.94. The fourth-order valence-corrected chi connectivity index (χ4v) is 3.14. The molecule has 0 saturated carbocycles. The lowest BCUT2D eigenvalue weighted by Gasteiger charge is -2.13. The van der Waals surface area contributed by atoms with E-state index in [1.54, 1.807) is 30.8 Å². The summed E-state index contributed by atoms with van der Waals surface area (Å²) in [7, 11) is 0. The molecule has 1 atom stereocenters. The number of carbonyl (C=O) groups excluding carboxylic acids is 2. The molecule has 0 aliphatic rings. The van der Waals surface area contributed by atoms with E-state index in [4.69, 9.17) is 16.3 Å². The van der Waals surface area contributed by atoms with Crippen molar-refractivity contribution in [2.24, 2.45) is 0 Å². The van der Waals surface area contributed by atoms with Gasteiger partial charge in [-0.3, -0.25) is 4.79 Å². The number of nitrogens with one attached hydrogen (secondary N) is 1. The summed E-state index contributed by atoms with van der Waals surface area (Å²) < 4.78 is 4.93. The number of anilines is 1. The average molecular weight is 378 g/mol. The topological polar surface area (TPSA) is 55.4 Å². The monoisotopic (exact) mass is 377 g/mol. The Morgan fingerprint density at radius 2 is 1.92 bits per heavy atom. The van der Waals surface area contributed by atoms with Crippen LogP contribution < -0.4 is 5.32 Å². The predicted molar refractivity (Wildman–Crippen MR) is 103 cm³/mol. The first-order chi connectivity index (χ1) is 12.0. The molecule has 1 amide bonds. The number of thioether (sulfide) groups is 1.